The molecule has 1 aromatic carbocycles. The van der Waals surface area contributed by atoms with E-state index in [9.17, 15) is 18.0 Å². The van der Waals surface area contributed by atoms with Crippen LogP contribution in [0, 0.1) is 0 Å². The maximum atomic E-state index is 12.3. The normalized spacial score (nSPS) is 11.4. The van der Waals surface area contributed by atoms with Gasteiger partial charge in [0.25, 0.3) is 5.91 Å². The smallest absolute Gasteiger partial charge is 0.342 e. The van der Waals surface area contributed by atoms with Gasteiger partial charge in [-0.2, -0.15) is 13.2 Å². The van der Waals surface area contributed by atoms with Gasteiger partial charge < -0.3 is 10.6 Å². The van der Waals surface area contributed by atoms with Gasteiger partial charge in [-0.3, -0.25) is 4.79 Å². The van der Waals surface area contributed by atoms with Gasteiger partial charge in [0.2, 0.25) is 0 Å². The molecule has 0 aliphatic rings. The predicted octanol–water partition coefficient (Wildman–Crippen LogP) is 2.13. The molecule has 1 amide bonds. The van der Waals surface area contributed by atoms with Crippen LogP contribution in [0.15, 0.2) is 24.3 Å². The van der Waals surface area contributed by atoms with Crippen LogP contribution in [-0.4, -0.2) is 30.9 Å². The number of hydrogen-bond acceptors (Lipinski definition) is 2. The zero-order chi connectivity index (χ0) is 13.8. The Kier molecular flexibility index (Phi) is 4.72. The maximum Gasteiger partial charge on any atom is 0.416 e. The second-order valence-corrected chi connectivity index (χ2v) is 3.94. The molecule has 0 fully saturated rings. The summed E-state index contributed by atoms with van der Waals surface area (Å²) in [4.78, 5) is 13.3. The molecule has 0 saturated carbocycles. The number of hydrogen-bond donors (Lipinski definition) is 1. The van der Waals surface area contributed by atoms with Crippen LogP contribution >= 0.6 is 0 Å². The van der Waals surface area contributed by atoms with E-state index in [-0.39, 0.29) is 11.5 Å². The SMILES string of the molecule is CN(CCCN)C(=O)c1ccc(C(F)(F)F)cc1. The van der Waals surface area contributed by atoms with Crippen LogP contribution in [0.3, 0.4) is 0 Å². The first-order valence-corrected chi connectivity index (χ1v) is 5.49. The molecule has 3 nitrogen and oxygen atoms in total. The van der Waals surface area contributed by atoms with Crippen molar-refractivity contribution in [3.05, 3.63) is 35.4 Å². The van der Waals surface area contributed by atoms with Crippen molar-refractivity contribution in [3.63, 3.8) is 0 Å². The fourth-order valence-corrected chi connectivity index (χ4v) is 1.45. The second-order valence-electron chi connectivity index (χ2n) is 3.94. The van der Waals surface area contributed by atoms with Gasteiger partial charge in [0, 0.05) is 19.2 Å². The van der Waals surface area contributed by atoms with Crippen molar-refractivity contribution in [1.82, 2.24) is 4.90 Å². The Labute approximate surface area is 103 Å². The Morgan fingerprint density at radius 1 is 1.28 bits per heavy atom. The molecule has 0 saturated heterocycles. The fourth-order valence-electron chi connectivity index (χ4n) is 1.45. The van der Waals surface area contributed by atoms with E-state index in [1.807, 2.05) is 0 Å². The van der Waals surface area contributed by atoms with Gasteiger partial charge in [-0.15, -0.1) is 0 Å². The van der Waals surface area contributed by atoms with Gasteiger partial charge in [0.15, 0.2) is 0 Å². The number of halogens is 3. The summed E-state index contributed by atoms with van der Waals surface area (Å²) in [6.45, 7) is 0.945. The van der Waals surface area contributed by atoms with E-state index in [2.05, 4.69) is 0 Å². The molecule has 1 aromatic rings. The van der Waals surface area contributed by atoms with Crippen LogP contribution in [-0.2, 0) is 6.18 Å². The van der Waals surface area contributed by atoms with E-state index in [4.69, 9.17) is 5.73 Å². The van der Waals surface area contributed by atoms with Gasteiger partial charge in [-0.05, 0) is 37.2 Å². The summed E-state index contributed by atoms with van der Waals surface area (Å²) in [7, 11) is 1.59. The third kappa shape index (κ3) is 3.73. The molecule has 0 radical (unpaired) electrons. The van der Waals surface area contributed by atoms with Crippen LogP contribution in [0.5, 0.6) is 0 Å². The summed E-state index contributed by atoms with van der Waals surface area (Å²) in [5.74, 6) is -0.308. The second kappa shape index (κ2) is 5.86. The first-order chi connectivity index (χ1) is 8.36. The molecule has 6 heteroatoms. The summed E-state index contributed by atoms with van der Waals surface area (Å²) in [6, 6.07) is 4.18. The predicted molar refractivity (Wildman–Crippen MR) is 62.1 cm³/mol. The third-order valence-electron chi connectivity index (χ3n) is 2.50. The highest BCUT2D eigenvalue weighted by Gasteiger charge is 2.30. The van der Waals surface area contributed by atoms with E-state index in [0.29, 0.717) is 19.5 Å². The molecule has 100 valence electrons. The topological polar surface area (TPSA) is 46.3 Å². The highest BCUT2D eigenvalue weighted by Crippen LogP contribution is 2.29. The number of nitrogens with zero attached hydrogens (tertiary/aromatic N) is 1. The average Bonchev–Trinajstić information content (AvgIpc) is 2.34. The number of rotatable bonds is 4. The minimum Gasteiger partial charge on any atom is -0.342 e. The highest BCUT2D eigenvalue weighted by atomic mass is 19.4. The summed E-state index contributed by atoms with van der Waals surface area (Å²) in [5, 5.41) is 0. The van der Waals surface area contributed by atoms with Gasteiger partial charge in [0.1, 0.15) is 0 Å². The lowest BCUT2D eigenvalue weighted by Crippen LogP contribution is -2.29. The van der Waals surface area contributed by atoms with Gasteiger partial charge >= 0.3 is 6.18 Å². The Hall–Kier alpha value is -1.56. The molecule has 0 aliphatic carbocycles. The largest absolute Gasteiger partial charge is 0.416 e. The summed E-state index contributed by atoms with van der Waals surface area (Å²) in [5.41, 5.74) is 4.80. The van der Waals surface area contributed by atoms with Crippen molar-refractivity contribution in [2.75, 3.05) is 20.1 Å². The number of alkyl halides is 3. The molecule has 0 heterocycles. The van der Waals surface area contributed by atoms with Crippen molar-refractivity contribution in [2.45, 2.75) is 12.6 Å². The minimum absolute atomic E-state index is 0.238. The Morgan fingerprint density at radius 3 is 2.28 bits per heavy atom. The number of carbonyl (C=O) groups is 1. The monoisotopic (exact) mass is 260 g/mol. The van der Waals surface area contributed by atoms with E-state index < -0.39 is 11.7 Å². The molecule has 0 unspecified atom stereocenters. The Bertz CT molecular complexity index is 401. The highest BCUT2D eigenvalue weighted by molar-refractivity contribution is 5.94. The first-order valence-electron chi connectivity index (χ1n) is 5.49. The van der Waals surface area contributed by atoms with Crippen molar-refractivity contribution in [1.29, 1.82) is 0 Å². The lowest BCUT2D eigenvalue weighted by molar-refractivity contribution is -0.137. The van der Waals surface area contributed by atoms with Gasteiger partial charge in [0.05, 0.1) is 5.56 Å². The molecule has 0 aromatic heterocycles. The first kappa shape index (κ1) is 14.5. The summed E-state index contributed by atoms with van der Waals surface area (Å²) in [6.07, 6.45) is -3.73. The summed E-state index contributed by atoms with van der Waals surface area (Å²) < 4.78 is 37.0. The zero-order valence-corrected chi connectivity index (χ0v) is 10.00. The molecule has 0 spiro atoms. The molecule has 0 atom stereocenters. The number of carbonyl (C=O) groups excluding carboxylic acids is 1. The van der Waals surface area contributed by atoms with Crippen LogP contribution < -0.4 is 5.73 Å². The molecule has 18 heavy (non-hydrogen) atoms. The lowest BCUT2D eigenvalue weighted by Gasteiger charge is -2.17. The van der Waals surface area contributed by atoms with E-state index in [0.717, 1.165) is 12.1 Å². The van der Waals surface area contributed by atoms with Gasteiger partial charge in [-0.1, -0.05) is 0 Å². The molecule has 0 bridgehead atoms. The van der Waals surface area contributed by atoms with E-state index in [1.165, 1.54) is 17.0 Å². The zero-order valence-electron chi connectivity index (χ0n) is 10.00. The van der Waals surface area contributed by atoms with E-state index in [1.54, 1.807) is 7.05 Å². The molecule has 1 rings (SSSR count). The van der Waals surface area contributed by atoms with Crippen molar-refractivity contribution < 1.29 is 18.0 Å². The van der Waals surface area contributed by atoms with Crippen LogP contribution in [0.4, 0.5) is 13.2 Å². The van der Waals surface area contributed by atoms with Crippen molar-refractivity contribution >= 4 is 5.91 Å². The fraction of sp³-hybridized carbons (Fsp3) is 0.417. The number of amides is 1. The number of benzene rings is 1. The molecular formula is C12H15F3N2O. The molecule has 0 aliphatic heterocycles. The summed E-state index contributed by atoms with van der Waals surface area (Å²) >= 11 is 0. The molecule has 2 N–H and O–H groups in total. The minimum atomic E-state index is -4.38. The Balaban J connectivity index is 2.76. The van der Waals surface area contributed by atoms with Crippen molar-refractivity contribution in [2.24, 2.45) is 5.73 Å². The van der Waals surface area contributed by atoms with E-state index >= 15 is 0 Å². The average molecular weight is 260 g/mol. The standard InChI is InChI=1S/C12H15F3N2O/c1-17(8-2-7-16)11(18)9-3-5-10(6-4-9)12(13,14)15/h3-6H,2,7-8,16H2,1H3. The number of nitrogens with two attached hydrogens (primary N) is 1. The van der Waals surface area contributed by atoms with Crippen LogP contribution in [0.1, 0.15) is 22.3 Å². The van der Waals surface area contributed by atoms with Crippen molar-refractivity contribution in [3.8, 4) is 0 Å². The Morgan fingerprint density at radius 2 is 1.83 bits per heavy atom. The van der Waals surface area contributed by atoms with Crippen LogP contribution in [0.2, 0.25) is 0 Å². The van der Waals surface area contributed by atoms with Crippen LogP contribution in [0.25, 0.3) is 0 Å². The maximum absolute atomic E-state index is 12.3. The lowest BCUT2D eigenvalue weighted by atomic mass is 10.1. The van der Waals surface area contributed by atoms with Gasteiger partial charge in [-0.25, -0.2) is 0 Å². The molecular weight excluding hydrogens is 245 g/mol. The third-order valence-corrected chi connectivity index (χ3v) is 2.50. The quantitative estimate of drug-likeness (QED) is 0.901.